The first-order chi connectivity index (χ1) is 10.1. The van der Waals surface area contributed by atoms with E-state index in [1.54, 1.807) is 0 Å². The van der Waals surface area contributed by atoms with Gasteiger partial charge in [-0.2, -0.15) is 0 Å². The van der Waals surface area contributed by atoms with Crippen molar-refractivity contribution in [1.82, 2.24) is 9.88 Å². The molecule has 0 spiro atoms. The average Bonchev–Trinajstić information content (AvgIpc) is 2.77. The molecule has 0 bridgehead atoms. The number of nitrogens with one attached hydrogen (secondary N) is 1. The summed E-state index contributed by atoms with van der Waals surface area (Å²) in [6.07, 6.45) is 2.38. The van der Waals surface area contributed by atoms with Crippen LogP contribution in [0.3, 0.4) is 0 Å². The van der Waals surface area contributed by atoms with Crippen molar-refractivity contribution in [3.63, 3.8) is 0 Å². The van der Waals surface area contributed by atoms with E-state index in [1.165, 1.54) is 46.3 Å². The van der Waals surface area contributed by atoms with E-state index < -0.39 is 0 Å². The lowest BCUT2D eigenvalue weighted by atomic mass is 10.0. The zero-order valence-electron chi connectivity index (χ0n) is 13.5. The molecule has 2 aromatic rings. The molecule has 0 aliphatic carbocycles. The molecular formula is C18H26N2O. The summed E-state index contributed by atoms with van der Waals surface area (Å²) in [7, 11) is 0. The molecule has 0 unspecified atom stereocenters. The van der Waals surface area contributed by atoms with Gasteiger partial charge in [0.1, 0.15) is 0 Å². The van der Waals surface area contributed by atoms with E-state index in [2.05, 4.69) is 42.8 Å². The third-order valence-corrected chi connectivity index (χ3v) is 4.57. The van der Waals surface area contributed by atoms with Crippen LogP contribution in [0.2, 0.25) is 0 Å². The van der Waals surface area contributed by atoms with Crippen LogP contribution in [0.4, 0.5) is 0 Å². The van der Waals surface area contributed by atoms with Gasteiger partial charge in [-0.25, -0.2) is 0 Å². The minimum Gasteiger partial charge on any atom is -0.379 e. The predicted octanol–water partition coefficient (Wildman–Crippen LogP) is 3.36. The number of aromatic nitrogens is 1. The number of aryl methyl sites for hydroxylation is 4. The molecule has 1 aliphatic heterocycles. The second kappa shape index (κ2) is 6.20. The number of hydrogen-bond donors (Lipinski definition) is 1. The van der Waals surface area contributed by atoms with Crippen molar-refractivity contribution in [2.75, 3.05) is 32.8 Å². The molecule has 0 saturated carbocycles. The molecule has 2 heterocycles. The van der Waals surface area contributed by atoms with E-state index in [4.69, 9.17) is 4.74 Å². The Bertz CT molecular complexity index is 624. The van der Waals surface area contributed by atoms with Crippen molar-refractivity contribution in [3.8, 4) is 0 Å². The first-order valence-electron chi connectivity index (χ1n) is 8.03. The zero-order chi connectivity index (χ0) is 14.8. The van der Waals surface area contributed by atoms with Crippen LogP contribution in [-0.2, 0) is 11.2 Å². The van der Waals surface area contributed by atoms with Gasteiger partial charge in [0.2, 0.25) is 0 Å². The van der Waals surface area contributed by atoms with Crippen LogP contribution in [0.1, 0.15) is 28.8 Å². The molecule has 1 N–H and O–H groups in total. The highest BCUT2D eigenvalue weighted by molar-refractivity contribution is 5.87. The van der Waals surface area contributed by atoms with Crippen LogP contribution in [-0.4, -0.2) is 42.7 Å². The standard InChI is InChI=1S/C18H26N2O/c1-13-11-14(2)18-17(12-13)16(15(3)19-18)5-4-6-20-7-9-21-10-8-20/h11-12,19H,4-10H2,1-3H3. The molecule has 0 amide bonds. The Morgan fingerprint density at radius 1 is 1.14 bits per heavy atom. The number of hydrogen-bond acceptors (Lipinski definition) is 2. The Morgan fingerprint density at radius 2 is 1.90 bits per heavy atom. The minimum absolute atomic E-state index is 0.893. The van der Waals surface area contributed by atoms with E-state index in [1.807, 2.05) is 0 Å². The largest absolute Gasteiger partial charge is 0.379 e. The van der Waals surface area contributed by atoms with Gasteiger partial charge in [0.05, 0.1) is 13.2 Å². The first kappa shape index (κ1) is 14.6. The van der Waals surface area contributed by atoms with Gasteiger partial charge in [0.25, 0.3) is 0 Å². The van der Waals surface area contributed by atoms with Crippen LogP contribution in [0, 0.1) is 20.8 Å². The summed E-state index contributed by atoms with van der Waals surface area (Å²) >= 11 is 0. The number of nitrogens with zero attached hydrogens (tertiary/aromatic N) is 1. The van der Waals surface area contributed by atoms with Gasteiger partial charge in [-0.3, -0.25) is 4.90 Å². The Hall–Kier alpha value is -1.32. The van der Waals surface area contributed by atoms with Gasteiger partial charge in [-0.15, -0.1) is 0 Å². The number of fused-ring (bicyclic) bond motifs is 1. The third kappa shape index (κ3) is 3.14. The molecule has 21 heavy (non-hydrogen) atoms. The number of H-pyrrole nitrogens is 1. The molecule has 3 heteroatoms. The summed E-state index contributed by atoms with van der Waals surface area (Å²) < 4.78 is 5.41. The van der Waals surface area contributed by atoms with Gasteiger partial charge in [-0.05, 0) is 57.4 Å². The maximum Gasteiger partial charge on any atom is 0.0594 e. The monoisotopic (exact) mass is 286 g/mol. The molecule has 0 atom stereocenters. The second-order valence-corrected chi connectivity index (χ2v) is 6.29. The van der Waals surface area contributed by atoms with Crippen molar-refractivity contribution in [2.24, 2.45) is 0 Å². The Kier molecular flexibility index (Phi) is 4.32. The van der Waals surface area contributed by atoms with E-state index in [-0.39, 0.29) is 0 Å². The molecule has 3 rings (SSSR count). The van der Waals surface area contributed by atoms with Gasteiger partial charge in [0.15, 0.2) is 0 Å². The van der Waals surface area contributed by atoms with Crippen molar-refractivity contribution < 1.29 is 4.74 Å². The fourth-order valence-corrected chi connectivity index (χ4v) is 3.46. The van der Waals surface area contributed by atoms with Gasteiger partial charge < -0.3 is 9.72 Å². The molecule has 1 aliphatic rings. The normalized spacial score (nSPS) is 16.7. The van der Waals surface area contributed by atoms with Crippen molar-refractivity contribution >= 4 is 10.9 Å². The van der Waals surface area contributed by atoms with Crippen molar-refractivity contribution in [2.45, 2.75) is 33.6 Å². The Labute approximate surface area is 127 Å². The fraction of sp³-hybridized carbons (Fsp3) is 0.556. The number of rotatable bonds is 4. The highest BCUT2D eigenvalue weighted by Gasteiger charge is 2.13. The molecule has 1 aromatic heterocycles. The fourth-order valence-electron chi connectivity index (χ4n) is 3.46. The number of ether oxygens (including phenoxy) is 1. The van der Waals surface area contributed by atoms with Crippen molar-refractivity contribution in [3.05, 3.63) is 34.5 Å². The summed E-state index contributed by atoms with van der Waals surface area (Å²) in [5.41, 5.74) is 6.87. The summed E-state index contributed by atoms with van der Waals surface area (Å²) in [6.45, 7) is 11.7. The first-order valence-corrected chi connectivity index (χ1v) is 8.03. The number of aromatic amines is 1. The summed E-state index contributed by atoms with van der Waals surface area (Å²) in [6, 6.07) is 4.59. The Balaban J connectivity index is 1.72. The highest BCUT2D eigenvalue weighted by Crippen LogP contribution is 2.27. The molecule has 1 aromatic carbocycles. The number of morpholine rings is 1. The van der Waals surface area contributed by atoms with Crippen LogP contribution in [0.5, 0.6) is 0 Å². The Morgan fingerprint density at radius 3 is 2.67 bits per heavy atom. The zero-order valence-corrected chi connectivity index (χ0v) is 13.5. The van der Waals surface area contributed by atoms with Gasteiger partial charge >= 0.3 is 0 Å². The average molecular weight is 286 g/mol. The van der Waals surface area contributed by atoms with Crippen LogP contribution < -0.4 is 0 Å². The lowest BCUT2D eigenvalue weighted by Crippen LogP contribution is -2.36. The number of benzene rings is 1. The van der Waals surface area contributed by atoms with E-state index >= 15 is 0 Å². The summed E-state index contributed by atoms with van der Waals surface area (Å²) in [5.74, 6) is 0. The lowest BCUT2D eigenvalue weighted by molar-refractivity contribution is 0.0375. The van der Waals surface area contributed by atoms with E-state index in [0.29, 0.717) is 0 Å². The van der Waals surface area contributed by atoms with E-state index in [0.717, 1.165) is 32.7 Å². The molecule has 0 radical (unpaired) electrons. The second-order valence-electron chi connectivity index (χ2n) is 6.29. The molecular weight excluding hydrogens is 260 g/mol. The summed E-state index contributed by atoms with van der Waals surface area (Å²) in [5, 5.41) is 1.42. The van der Waals surface area contributed by atoms with Gasteiger partial charge in [0, 0.05) is 29.7 Å². The maximum absolute atomic E-state index is 5.41. The van der Waals surface area contributed by atoms with Crippen LogP contribution in [0.15, 0.2) is 12.1 Å². The quantitative estimate of drug-likeness (QED) is 0.933. The maximum atomic E-state index is 5.41. The molecule has 1 fully saturated rings. The van der Waals surface area contributed by atoms with E-state index in [9.17, 15) is 0 Å². The molecule has 3 nitrogen and oxygen atoms in total. The molecule has 1 saturated heterocycles. The van der Waals surface area contributed by atoms with Crippen LogP contribution in [0.25, 0.3) is 10.9 Å². The SMILES string of the molecule is Cc1cc(C)c2[nH]c(C)c(CCCN3CCOCC3)c2c1. The third-order valence-electron chi connectivity index (χ3n) is 4.57. The highest BCUT2D eigenvalue weighted by atomic mass is 16.5. The van der Waals surface area contributed by atoms with Gasteiger partial charge in [-0.1, -0.05) is 11.6 Å². The van der Waals surface area contributed by atoms with Crippen LogP contribution >= 0.6 is 0 Å². The lowest BCUT2D eigenvalue weighted by Gasteiger charge is -2.26. The predicted molar refractivity (Wildman–Crippen MR) is 88.1 cm³/mol. The summed E-state index contributed by atoms with van der Waals surface area (Å²) in [4.78, 5) is 6.10. The minimum atomic E-state index is 0.893. The smallest absolute Gasteiger partial charge is 0.0594 e. The van der Waals surface area contributed by atoms with Crippen molar-refractivity contribution in [1.29, 1.82) is 0 Å². The topological polar surface area (TPSA) is 28.3 Å². The molecule has 114 valence electrons.